The average molecular weight is 308 g/mol. The predicted octanol–water partition coefficient (Wildman–Crippen LogP) is 3.72. The van der Waals surface area contributed by atoms with Gasteiger partial charge in [-0.1, -0.05) is 11.6 Å². The molecule has 1 aromatic carbocycles. The highest BCUT2D eigenvalue weighted by atomic mass is 35.5. The van der Waals surface area contributed by atoms with Crippen molar-refractivity contribution in [1.82, 2.24) is 10.2 Å². The Hall–Kier alpha value is -2.01. The van der Waals surface area contributed by atoms with Crippen molar-refractivity contribution >= 4 is 23.2 Å². The number of benzene rings is 1. The minimum absolute atomic E-state index is 0.0409. The second-order valence-corrected chi connectivity index (χ2v) is 5.48. The van der Waals surface area contributed by atoms with Gasteiger partial charge in [-0.3, -0.25) is 9.89 Å². The van der Waals surface area contributed by atoms with Crippen LogP contribution in [0.3, 0.4) is 0 Å². The fraction of sp³-hybridized carbons (Fsp3) is 0.333. The van der Waals surface area contributed by atoms with E-state index >= 15 is 0 Å². The number of H-pyrrole nitrogens is 1. The van der Waals surface area contributed by atoms with E-state index in [1.807, 2.05) is 20.8 Å². The molecule has 112 valence electrons. The summed E-state index contributed by atoms with van der Waals surface area (Å²) >= 11 is 6.15. The normalized spacial score (nSPS) is 10.8. The summed E-state index contributed by atoms with van der Waals surface area (Å²) in [5, 5.41) is 10.1. The first-order valence-corrected chi connectivity index (χ1v) is 7.05. The standard InChI is InChI=1S/C15H18ClN3O2/c1-8(2)21-13-6-5-11(7-12(13)16)17-15(20)14-9(3)18-19-10(14)4/h5-8H,1-4H3,(H,17,20)(H,18,19). The molecule has 1 amide bonds. The molecule has 0 saturated carbocycles. The Kier molecular flexibility index (Phi) is 4.53. The zero-order valence-electron chi connectivity index (χ0n) is 12.5. The van der Waals surface area contributed by atoms with E-state index in [1.54, 1.807) is 25.1 Å². The van der Waals surface area contributed by atoms with Crippen molar-refractivity contribution in [2.24, 2.45) is 0 Å². The van der Waals surface area contributed by atoms with Crippen LogP contribution in [0.15, 0.2) is 18.2 Å². The molecule has 0 bridgehead atoms. The number of ether oxygens (including phenoxy) is 1. The molecule has 2 rings (SSSR count). The van der Waals surface area contributed by atoms with E-state index < -0.39 is 0 Å². The lowest BCUT2D eigenvalue weighted by molar-refractivity contribution is 0.102. The van der Waals surface area contributed by atoms with Gasteiger partial charge in [0.05, 0.1) is 22.4 Å². The first kappa shape index (κ1) is 15.4. The molecule has 0 aliphatic heterocycles. The lowest BCUT2D eigenvalue weighted by atomic mass is 10.2. The van der Waals surface area contributed by atoms with E-state index in [0.717, 1.165) is 5.69 Å². The van der Waals surface area contributed by atoms with Crippen molar-refractivity contribution in [3.05, 3.63) is 40.2 Å². The number of rotatable bonds is 4. The first-order chi connectivity index (χ1) is 9.88. The summed E-state index contributed by atoms with van der Waals surface area (Å²) in [4.78, 5) is 12.2. The van der Waals surface area contributed by atoms with Gasteiger partial charge in [-0.15, -0.1) is 0 Å². The smallest absolute Gasteiger partial charge is 0.259 e. The van der Waals surface area contributed by atoms with Crippen LogP contribution in [0.1, 0.15) is 35.6 Å². The molecule has 1 aromatic heterocycles. The number of amides is 1. The predicted molar refractivity (Wildman–Crippen MR) is 83.2 cm³/mol. The quantitative estimate of drug-likeness (QED) is 0.904. The number of carbonyl (C=O) groups is 1. The van der Waals surface area contributed by atoms with Gasteiger partial charge >= 0.3 is 0 Å². The van der Waals surface area contributed by atoms with Gasteiger partial charge in [0.2, 0.25) is 0 Å². The summed E-state index contributed by atoms with van der Waals surface area (Å²) in [5.41, 5.74) is 2.56. The fourth-order valence-corrected chi connectivity index (χ4v) is 2.23. The summed E-state index contributed by atoms with van der Waals surface area (Å²) < 4.78 is 5.56. The van der Waals surface area contributed by atoms with Crippen LogP contribution in [0.2, 0.25) is 5.02 Å². The Morgan fingerprint density at radius 2 is 2.10 bits per heavy atom. The molecule has 0 radical (unpaired) electrons. The van der Waals surface area contributed by atoms with E-state index in [1.165, 1.54) is 0 Å². The van der Waals surface area contributed by atoms with Crippen molar-refractivity contribution in [2.75, 3.05) is 5.32 Å². The monoisotopic (exact) mass is 307 g/mol. The Labute approximate surface area is 128 Å². The maximum Gasteiger partial charge on any atom is 0.259 e. The molecule has 0 aliphatic carbocycles. The van der Waals surface area contributed by atoms with E-state index in [2.05, 4.69) is 15.5 Å². The summed E-state index contributed by atoms with van der Waals surface area (Å²) in [6.45, 7) is 7.44. The zero-order valence-corrected chi connectivity index (χ0v) is 13.2. The van der Waals surface area contributed by atoms with Crippen molar-refractivity contribution in [2.45, 2.75) is 33.8 Å². The summed E-state index contributed by atoms with van der Waals surface area (Å²) in [6.07, 6.45) is 0.0409. The van der Waals surface area contributed by atoms with Crippen molar-refractivity contribution in [3.8, 4) is 5.75 Å². The van der Waals surface area contributed by atoms with E-state index in [9.17, 15) is 4.79 Å². The molecule has 5 nitrogen and oxygen atoms in total. The number of carbonyl (C=O) groups excluding carboxylic acids is 1. The SMILES string of the molecule is Cc1n[nH]c(C)c1C(=O)Nc1ccc(OC(C)C)c(Cl)c1. The van der Waals surface area contributed by atoms with Crippen LogP contribution in [-0.4, -0.2) is 22.2 Å². The lowest BCUT2D eigenvalue weighted by Gasteiger charge is -2.12. The third kappa shape index (κ3) is 3.55. The van der Waals surface area contributed by atoms with Crippen molar-refractivity contribution in [3.63, 3.8) is 0 Å². The number of nitrogens with one attached hydrogen (secondary N) is 2. The van der Waals surface area contributed by atoms with Crippen LogP contribution >= 0.6 is 11.6 Å². The van der Waals surface area contributed by atoms with Crippen LogP contribution < -0.4 is 10.1 Å². The van der Waals surface area contributed by atoms with Gasteiger partial charge in [0, 0.05) is 11.4 Å². The minimum atomic E-state index is -0.215. The number of nitrogens with zero attached hydrogens (tertiary/aromatic N) is 1. The summed E-state index contributed by atoms with van der Waals surface area (Å²) in [7, 11) is 0. The van der Waals surface area contributed by atoms with Crippen LogP contribution in [0.25, 0.3) is 0 Å². The molecule has 1 heterocycles. The van der Waals surface area contributed by atoms with Gasteiger partial charge in [-0.05, 0) is 45.9 Å². The number of aryl methyl sites for hydroxylation is 2. The maximum atomic E-state index is 12.2. The van der Waals surface area contributed by atoms with Gasteiger partial charge in [0.1, 0.15) is 5.75 Å². The highest BCUT2D eigenvalue weighted by Crippen LogP contribution is 2.28. The van der Waals surface area contributed by atoms with Gasteiger partial charge < -0.3 is 10.1 Å². The first-order valence-electron chi connectivity index (χ1n) is 6.67. The highest BCUT2D eigenvalue weighted by molar-refractivity contribution is 6.32. The zero-order chi connectivity index (χ0) is 15.6. The van der Waals surface area contributed by atoms with Crippen molar-refractivity contribution < 1.29 is 9.53 Å². The van der Waals surface area contributed by atoms with Crippen LogP contribution in [0.4, 0.5) is 5.69 Å². The van der Waals surface area contributed by atoms with Crippen LogP contribution in [-0.2, 0) is 0 Å². The molecule has 2 N–H and O–H groups in total. The lowest BCUT2D eigenvalue weighted by Crippen LogP contribution is -2.14. The number of hydrogen-bond acceptors (Lipinski definition) is 3. The molecule has 2 aromatic rings. The summed E-state index contributed by atoms with van der Waals surface area (Å²) in [5.74, 6) is 0.382. The molecule has 21 heavy (non-hydrogen) atoms. The third-order valence-corrected chi connectivity index (χ3v) is 3.20. The molecule has 0 spiro atoms. The van der Waals surface area contributed by atoms with E-state index in [4.69, 9.17) is 16.3 Å². The second-order valence-electron chi connectivity index (χ2n) is 5.07. The van der Waals surface area contributed by atoms with Gasteiger partial charge in [0.25, 0.3) is 5.91 Å². The maximum absolute atomic E-state index is 12.2. The number of halogens is 1. The van der Waals surface area contributed by atoms with Gasteiger partial charge in [-0.2, -0.15) is 5.10 Å². The van der Waals surface area contributed by atoms with Gasteiger partial charge in [-0.25, -0.2) is 0 Å². The largest absolute Gasteiger partial charge is 0.489 e. The van der Waals surface area contributed by atoms with Gasteiger partial charge in [0.15, 0.2) is 0 Å². The molecule has 0 atom stereocenters. The molecular formula is C15H18ClN3O2. The molecule has 0 fully saturated rings. The molecular weight excluding hydrogens is 290 g/mol. The number of hydrogen-bond donors (Lipinski definition) is 2. The molecule has 0 unspecified atom stereocenters. The number of anilines is 1. The molecule has 0 aliphatic rings. The Morgan fingerprint density at radius 3 is 2.62 bits per heavy atom. The van der Waals surface area contributed by atoms with Crippen LogP contribution in [0, 0.1) is 13.8 Å². The Bertz CT molecular complexity index is 645. The topological polar surface area (TPSA) is 67.0 Å². The Morgan fingerprint density at radius 1 is 1.38 bits per heavy atom. The summed E-state index contributed by atoms with van der Waals surface area (Å²) in [6, 6.07) is 5.17. The number of aromatic amines is 1. The number of aromatic nitrogens is 2. The highest BCUT2D eigenvalue weighted by Gasteiger charge is 2.16. The van der Waals surface area contributed by atoms with Crippen LogP contribution in [0.5, 0.6) is 5.75 Å². The fourth-order valence-electron chi connectivity index (χ4n) is 2.01. The van der Waals surface area contributed by atoms with Crippen molar-refractivity contribution in [1.29, 1.82) is 0 Å². The average Bonchev–Trinajstić information content (AvgIpc) is 2.72. The second kappa shape index (κ2) is 6.18. The molecule has 6 heteroatoms. The molecule has 0 saturated heterocycles. The van der Waals surface area contributed by atoms with E-state index in [0.29, 0.717) is 27.7 Å². The van der Waals surface area contributed by atoms with E-state index in [-0.39, 0.29) is 12.0 Å². The Balaban J connectivity index is 2.17. The third-order valence-electron chi connectivity index (χ3n) is 2.91. The minimum Gasteiger partial charge on any atom is -0.489 e.